The van der Waals surface area contributed by atoms with Gasteiger partial charge in [-0.1, -0.05) is 6.07 Å². The number of ether oxygens (including phenoxy) is 2. The lowest BCUT2D eigenvalue weighted by atomic mass is 10.2. The van der Waals surface area contributed by atoms with E-state index in [1.54, 1.807) is 20.4 Å². The number of benzene rings is 1. The standard InChI is InChI=1S/C15H18N2O2/c1-18-14-5-6-15(19-2)13(8-14)11-17-10-12-4-3-7-16-9-12/h3-9,17H,10-11H2,1-2H3. The normalized spacial score (nSPS) is 10.2. The fraction of sp³-hybridized carbons (Fsp3) is 0.267. The van der Waals surface area contributed by atoms with Crippen LogP contribution in [0.25, 0.3) is 0 Å². The fourth-order valence-electron chi connectivity index (χ4n) is 1.86. The molecule has 0 bridgehead atoms. The molecule has 1 N–H and O–H groups in total. The summed E-state index contributed by atoms with van der Waals surface area (Å²) in [5, 5.41) is 3.37. The minimum absolute atomic E-state index is 0.718. The molecule has 19 heavy (non-hydrogen) atoms. The Bertz CT molecular complexity index is 515. The highest BCUT2D eigenvalue weighted by Crippen LogP contribution is 2.23. The predicted molar refractivity (Wildman–Crippen MR) is 74.3 cm³/mol. The molecule has 0 saturated carbocycles. The number of hydrogen-bond donors (Lipinski definition) is 1. The van der Waals surface area contributed by atoms with Gasteiger partial charge in [-0.05, 0) is 29.8 Å². The van der Waals surface area contributed by atoms with Crippen LogP contribution >= 0.6 is 0 Å². The Balaban J connectivity index is 1.98. The summed E-state index contributed by atoms with van der Waals surface area (Å²) in [6, 6.07) is 9.77. The Hall–Kier alpha value is -2.07. The molecule has 4 heteroatoms. The van der Waals surface area contributed by atoms with E-state index in [1.807, 2.05) is 36.5 Å². The summed E-state index contributed by atoms with van der Waals surface area (Å²) in [5.41, 5.74) is 2.23. The quantitative estimate of drug-likeness (QED) is 0.864. The molecular formula is C15H18N2O2. The second-order valence-electron chi connectivity index (χ2n) is 4.14. The smallest absolute Gasteiger partial charge is 0.123 e. The Labute approximate surface area is 113 Å². The predicted octanol–water partition coefficient (Wildman–Crippen LogP) is 2.39. The highest BCUT2D eigenvalue weighted by atomic mass is 16.5. The molecule has 100 valence electrons. The lowest BCUT2D eigenvalue weighted by molar-refractivity contribution is 0.397. The number of hydrogen-bond acceptors (Lipinski definition) is 4. The van der Waals surface area contributed by atoms with Crippen LogP contribution in [0.3, 0.4) is 0 Å². The van der Waals surface area contributed by atoms with Crippen LogP contribution in [-0.2, 0) is 13.1 Å². The first-order valence-electron chi connectivity index (χ1n) is 6.14. The SMILES string of the molecule is COc1ccc(OC)c(CNCc2cccnc2)c1. The van der Waals surface area contributed by atoms with Gasteiger partial charge in [0.1, 0.15) is 11.5 Å². The van der Waals surface area contributed by atoms with Crippen molar-refractivity contribution >= 4 is 0 Å². The molecule has 0 aliphatic rings. The van der Waals surface area contributed by atoms with Crippen LogP contribution < -0.4 is 14.8 Å². The summed E-state index contributed by atoms with van der Waals surface area (Å²) >= 11 is 0. The minimum atomic E-state index is 0.718. The topological polar surface area (TPSA) is 43.4 Å². The minimum Gasteiger partial charge on any atom is -0.497 e. The average molecular weight is 258 g/mol. The Morgan fingerprint density at radius 2 is 2.00 bits per heavy atom. The summed E-state index contributed by atoms with van der Waals surface area (Å²) in [6.45, 7) is 1.49. The molecule has 0 atom stereocenters. The number of methoxy groups -OCH3 is 2. The van der Waals surface area contributed by atoms with Gasteiger partial charge in [0.2, 0.25) is 0 Å². The van der Waals surface area contributed by atoms with Crippen molar-refractivity contribution in [3.05, 3.63) is 53.9 Å². The Morgan fingerprint density at radius 1 is 1.11 bits per heavy atom. The summed E-state index contributed by atoms with van der Waals surface area (Å²) in [6.07, 6.45) is 3.63. The molecule has 1 aromatic carbocycles. The molecule has 1 heterocycles. The molecular weight excluding hydrogens is 240 g/mol. The second kappa shape index (κ2) is 6.75. The molecule has 0 spiro atoms. The first-order valence-corrected chi connectivity index (χ1v) is 6.14. The third kappa shape index (κ3) is 3.69. The van der Waals surface area contributed by atoms with Gasteiger partial charge in [-0.25, -0.2) is 0 Å². The van der Waals surface area contributed by atoms with Crippen LogP contribution in [0.4, 0.5) is 0 Å². The fourth-order valence-corrected chi connectivity index (χ4v) is 1.86. The Morgan fingerprint density at radius 3 is 2.68 bits per heavy atom. The highest BCUT2D eigenvalue weighted by Gasteiger charge is 2.04. The number of nitrogens with zero attached hydrogens (tertiary/aromatic N) is 1. The molecule has 0 amide bonds. The van der Waals surface area contributed by atoms with Gasteiger partial charge in [0.25, 0.3) is 0 Å². The lowest BCUT2D eigenvalue weighted by Crippen LogP contribution is -2.13. The maximum Gasteiger partial charge on any atom is 0.123 e. The molecule has 0 radical (unpaired) electrons. The van der Waals surface area contributed by atoms with Crippen LogP contribution in [0.1, 0.15) is 11.1 Å². The zero-order valence-electron chi connectivity index (χ0n) is 11.2. The molecule has 4 nitrogen and oxygen atoms in total. The van der Waals surface area contributed by atoms with E-state index in [4.69, 9.17) is 9.47 Å². The van der Waals surface area contributed by atoms with Crippen molar-refractivity contribution in [1.29, 1.82) is 0 Å². The summed E-state index contributed by atoms with van der Waals surface area (Å²) in [4.78, 5) is 4.09. The number of aromatic nitrogens is 1. The van der Waals surface area contributed by atoms with Crippen molar-refractivity contribution in [2.45, 2.75) is 13.1 Å². The number of pyridine rings is 1. The van der Waals surface area contributed by atoms with Crippen LogP contribution in [0, 0.1) is 0 Å². The van der Waals surface area contributed by atoms with Crippen LogP contribution in [-0.4, -0.2) is 19.2 Å². The van der Waals surface area contributed by atoms with E-state index < -0.39 is 0 Å². The molecule has 2 rings (SSSR count). The number of rotatable bonds is 6. The number of nitrogens with one attached hydrogen (secondary N) is 1. The second-order valence-corrected chi connectivity index (χ2v) is 4.14. The molecule has 0 unspecified atom stereocenters. The van der Waals surface area contributed by atoms with Crippen molar-refractivity contribution in [2.75, 3.05) is 14.2 Å². The third-order valence-electron chi connectivity index (χ3n) is 2.85. The van der Waals surface area contributed by atoms with Gasteiger partial charge in [-0.2, -0.15) is 0 Å². The third-order valence-corrected chi connectivity index (χ3v) is 2.85. The van der Waals surface area contributed by atoms with E-state index in [1.165, 1.54) is 0 Å². The zero-order valence-corrected chi connectivity index (χ0v) is 11.2. The van der Waals surface area contributed by atoms with Gasteiger partial charge in [0.15, 0.2) is 0 Å². The first-order chi connectivity index (χ1) is 9.33. The first kappa shape index (κ1) is 13.4. The molecule has 0 aliphatic carbocycles. The maximum absolute atomic E-state index is 5.34. The van der Waals surface area contributed by atoms with Gasteiger partial charge < -0.3 is 14.8 Å². The molecule has 0 fully saturated rings. The van der Waals surface area contributed by atoms with Crippen molar-refractivity contribution < 1.29 is 9.47 Å². The van der Waals surface area contributed by atoms with Gasteiger partial charge >= 0.3 is 0 Å². The molecule has 1 aromatic heterocycles. The van der Waals surface area contributed by atoms with E-state index in [2.05, 4.69) is 10.3 Å². The summed E-state index contributed by atoms with van der Waals surface area (Å²) in [7, 11) is 3.33. The van der Waals surface area contributed by atoms with E-state index in [0.29, 0.717) is 0 Å². The molecule has 0 aliphatic heterocycles. The lowest BCUT2D eigenvalue weighted by Gasteiger charge is -2.11. The van der Waals surface area contributed by atoms with Gasteiger partial charge in [-0.3, -0.25) is 4.98 Å². The monoisotopic (exact) mass is 258 g/mol. The molecule has 2 aromatic rings. The Kier molecular flexibility index (Phi) is 4.75. The van der Waals surface area contributed by atoms with Crippen LogP contribution in [0.2, 0.25) is 0 Å². The van der Waals surface area contributed by atoms with Crippen LogP contribution in [0.5, 0.6) is 11.5 Å². The van der Waals surface area contributed by atoms with E-state index in [-0.39, 0.29) is 0 Å². The van der Waals surface area contributed by atoms with Gasteiger partial charge in [-0.15, -0.1) is 0 Å². The van der Waals surface area contributed by atoms with Crippen molar-refractivity contribution in [2.24, 2.45) is 0 Å². The largest absolute Gasteiger partial charge is 0.497 e. The van der Waals surface area contributed by atoms with Crippen molar-refractivity contribution in [1.82, 2.24) is 10.3 Å². The van der Waals surface area contributed by atoms with Crippen molar-refractivity contribution in [3.63, 3.8) is 0 Å². The van der Waals surface area contributed by atoms with Crippen molar-refractivity contribution in [3.8, 4) is 11.5 Å². The molecule has 0 saturated heterocycles. The summed E-state index contributed by atoms with van der Waals surface area (Å²) < 4.78 is 10.6. The van der Waals surface area contributed by atoms with E-state index in [0.717, 1.165) is 35.7 Å². The van der Waals surface area contributed by atoms with E-state index in [9.17, 15) is 0 Å². The average Bonchev–Trinajstić information content (AvgIpc) is 2.48. The van der Waals surface area contributed by atoms with E-state index >= 15 is 0 Å². The summed E-state index contributed by atoms with van der Waals surface area (Å²) in [5.74, 6) is 1.69. The van der Waals surface area contributed by atoms with Gasteiger partial charge in [0.05, 0.1) is 14.2 Å². The van der Waals surface area contributed by atoms with Crippen LogP contribution in [0.15, 0.2) is 42.7 Å². The zero-order chi connectivity index (χ0) is 13.5. The maximum atomic E-state index is 5.34. The van der Waals surface area contributed by atoms with Gasteiger partial charge in [0, 0.05) is 31.0 Å². The highest BCUT2D eigenvalue weighted by molar-refractivity contribution is 5.40.